The second-order valence-electron chi connectivity index (χ2n) is 6.52. The first-order valence-electron chi connectivity index (χ1n) is 8.58. The predicted octanol–water partition coefficient (Wildman–Crippen LogP) is 4.47. The lowest BCUT2D eigenvalue weighted by molar-refractivity contribution is -0.117. The van der Waals surface area contributed by atoms with Gasteiger partial charge < -0.3 is 10.1 Å². The molecule has 1 N–H and O–H groups in total. The number of ether oxygens (including phenoxy) is 1. The Morgan fingerprint density at radius 3 is 2.68 bits per heavy atom. The molecule has 1 fully saturated rings. The van der Waals surface area contributed by atoms with Gasteiger partial charge in [-0.05, 0) is 56.2 Å². The van der Waals surface area contributed by atoms with Gasteiger partial charge in [-0.15, -0.1) is 0 Å². The van der Waals surface area contributed by atoms with Crippen LogP contribution in [0.1, 0.15) is 24.1 Å². The van der Waals surface area contributed by atoms with Gasteiger partial charge in [0.1, 0.15) is 12.4 Å². The number of para-hydroxylation sites is 1. The maximum atomic E-state index is 11.8. The number of carbonyl (C=O) groups is 1. The summed E-state index contributed by atoms with van der Waals surface area (Å²) in [4.78, 5) is 16.3. The summed E-state index contributed by atoms with van der Waals surface area (Å²) in [5.74, 6) is 1.11. The Morgan fingerprint density at radius 1 is 1.16 bits per heavy atom. The van der Waals surface area contributed by atoms with Gasteiger partial charge >= 0.3 is 0 Å². The normalized spacial score (nSPS) is 13.6. The zero-order valence-electron chi connectivity index (χ0n) is 14.2. The summed E-state index contributed by atoms with van der Waals surface area (Å²) >= 11 is 0. The van der Waals surface area contributed by atoms with E-state index < -0.39 is 0 Å². The van der Waals surface area contributed by atoms with Crippen LogP contribution in [0.2, 0.25) is 0 Å². The van der Waals surface area contributed by atoms with Gasteiger partial charge in [-0.3, -0.25) is 9.78 Å². The molecule has 0 aliphatic heterocycles. The summed E-state index contributed by atoms with van der Waals surface area (Å²) in [6.07, 6.45) is 2.01. The van der Waals surface area contributed by atoms with E-state index in [1.54, 1.807) is 0 Å². The number of aryl methyl sites for hydroxylation is 1. The number of nitrogens with one attached hydrogen (secondary N) is 1. The van der Waals surface area contributed by atoms with Crippen molar-refractivity contribution < 1.29 is 9.53 Å². The average molecular weight is 332 g/mol. The van der Waals surface area contributed by atoms with Crippen LogP contribution in [0.5, 0.6) is 5.75 Å². The first-order valence-corrected chi connectivity index (χ1v) is 8.58. The van der Waals surface area contributed by atoms with E-state index >= 15 is 0 Å². The minimum Gasteiger partial charge on any atom is -0.489 e. The van der Waals surface area contributed by atoms with Gasteiger partial charge in [-0.25, -0.2) is 0 Å². The zero-order chi connectivity index (χ0) is 17.2. The summed E-state index contributed by atoms with van der Waals surface area (Å²) in [5, 5.41) is 4.05. The molecule has 126 valence electrons. The van der Waals surface area contributed by atoms with Crippen molar-refractivity contribution in [1.82, 2.24) is 4.98 Å². The number of hydrogen-bond donors (Lipinski definition) is 1. The summed E-state index contributed by atoms with van der Waals surface area (Å²) in [7, 11) is 0. The number of carbonyl (C=O) groups excluding carboxylic acids is 1. The number of rotatable bonds is 5. The monoisotopic (exact) mass is 332 g/mol. The molecule has 25 heavy (non-hydrogen) atoms. The number of benzene rings is 2. The number of anilines is 1. The second kappa shape index (κ2) is 6.55. The van der Waals surface area contributed by atoms with Crippen LogP contribution >= 0.6 is 0 Å². The highest BCUT2D eigenvalue weighted by molar-refractivity contribution is 5.94. The van der Waals surface area contributed by atoms with E-state index in [1.165, 1.54) is 0 Å². The smallest absolute Gasteiger partial charge is 0.227 e. The van der Waals surface area contributed by atoms with Crippen molar-refractivity contribution in [3.05, 3.63) is 65.9 Å². The molecule has 4 nitrogen and oxygen atoms in total. The summed E-state index contributed by atoms with van der Waals surface area (Å²) in [5.41, 5.74) is 3.90. The van der Waals surface area contributed by atoms with Gasteiger partial charge in [-0.1, -0.05) is 18.2 Å². The molecular weight excluding hydrogens is 312 g/mol. The maximum Gasteiger partial charge on any atom is 0.227 e. The molecule has 1 aliphatic carbocycles. The van der Waals surface area contributed by atoms with Crippen LogP contribution in [0.3, 0.4) is 0 Å². The lowest BCUT2D eigenvalue weighted by atomic mass is 10.1. The third kappa shape index (κ3) is 3.63. The molecule has 2 aromatic carbocycles. The average Bonchev–Trinajstić information content (AvgIpc) is 3.46. The minimum absolute atomic E-state index is 0.118. The molecule has 0 unspecified atom stereocenters. The molecule has 0 saturated heterocycles. The van der Waals surface area contributed by atoms with Crippen molar-refractivity contribution >= 4 is 22.5 Å². The highest BCUT2D eigenvalue weighted by Crippen LogP contribution is 2.30. The predicted molar refractivity (Wildman–Crippen MR) is 98.6 cm³/mol. The van der Waals surface area contributed by atoms with Crippen molar-refractivity contribution in [2.45, 2.75) is 26.4 Å². The minimum atomic E-state index is 0.118. The SMILES string of the molecule is Cc1cc(COc2ccc(NC(=O)C3CC3)cc2)c2ccccc2n1. The molecule has 4 heteroatoms. The Kier molecular flexibility index (Phi) is 4.10. The molecule has 1 saturated carbocycles. The molecule has 4 rings (SSSR count). The number of pyridine rings is 1. The summed E-state index contributed by atoms with van der Waals surface area (Å²) in [6.45, 7) is 2.48. The van der Waals surface area contributed by atoms with Crippen LogP contribution in [-0.2, 0) is 11.4 Å². The lowest BCUT2D eigenvalue weighted by Crippen LogP contribution is -2.13. The van der Waals surface area contributed by atoms with Gasteiger partial charge in [-0.2, -0.15) is 0 Å². The van der Waals surface area contributed by atoms with Crippen molar-refractivity contribution in [2.24, 2.45) is 5.92 Å². The molecule has 1 heterocycles. The van der Waals surface area contributed by atoms with Gasteiger partial charge in [0.05, 0.1) is 5.52 Å². The Labute approximate surface area is 146 Å². The summed E-state index contributed by atoms with van der Waals surface area (Å²) < 4.78 is 5.93. The Morgan fingerprint density at radius 2 is 1.92 bits per heavy atom. The third-order valence-electron chi connectivity index (χ3n) is 4.39. The fourth-order valence-electron chi connectivity index (χ4n) is 2.90. The third-order valence-corrected chi connectivity index (χ3v) is 4.39. The van der Waals surface area contributed by atoms with Crippen LogP contribution in [0.25, 0.3) is 10.9 Å². The maximum absolute atomic E-state index is 11.8. The van der Waals surface area contributed by atoms with E-state index in [9.17, 15) is 4.79 Å². The van der Waals surface area contributed by atoms with E-state index in [0.29, 0.717) is 6.61 Å². The van der Waals surface area contributed by atoms with E-state index in [0.717, 1.165) is 46.4 Å². The highest BCUT2D eigenvalue weighted by atomic mass is 16.5. The van der Waals surface area contributed by atoms with Crippen LogP contribution in [-0.4, -0.2) is 10.9 Å². The first-order chi connectivity index (χ1) is 12.2. The zero-order valence-corrected chi connectivity index (χ0v) is 14.2. The van der Waals surface area contributed by atoms with E-state index in [-0.39, 0.29) is 11.8 Å². The Bertz CT molecular complexity index is 915. The highest BCUT2D eigenvalue weighted by Gasteiger charge is 2.29. The van der Waals surface area contributed by atoms with Gasteiger partial charge in [0.15, 0.2) is 0 Å². The van der Waals surface area contributed by atoms with Gasteiger partial charge in [0.2, 0.25) is 5.91 Å². The molecule has 0 radical (unpaired) electrons. The van der Waals surface area contributed by atoms with Crippen LogP contribution in [0.15, 0.2) is 54.6 Å². The lowest BCUT2D eigenvalue weighted by Gasteiger charge is -2.11. The number of fused-ring (bicyclic) bond motifs is 1. The number of amides is 1. The molecule has 3 aromatic rings. The van der Waals surface area contributed by atoms with Gasteiger partial charge in [0, 0.05) is 28.2 Å². The first kappa shape index (κ1) is 15.6. The fourth-order valence-corrected chi connectivity index (χ4v) is 2.90. The summed E-state index contributed by atoms with van der Waals surface area (Å²) in [6, 6.07) is 17.7. The van der Waals surface area contributed by atoms with Crippen molar-refractivity contribution in [3.8, 4) is 5.75 Å². The van der Waals surface area contributed by atoms with Gasteiger partial charge in [0.25, 0.3) is 0 Å². The Balaban J connectivity index is 1.45. The van der Waals surface area contributed by atoms with Crippen LogP contribution in [0, 0.1) is 12.8 Å². The molecule has 0 atom stereocenters. The standard InChI is InChI=1S/C21H20N2O2/c1-14-12-16(19-4-2-3-5-20(19)22-14)13-25-18-10-8-17(9-11-18)23-21(24)15-6-7-15/h2-5,8-12,15H,6-7,13H2,1H3,(H,23,24). The number of nitrogens with zero attached hydrogens (tertiary/aromatic N) is 1. The molecule has 1 amide bonds. The van der Waals surface area contributed by atoms with Crippen molar-refractivity contribution in [2.75, 3.05) is 5.32 Å². The van der Waals surface area contributed by atoms with Crippen molar-refractivity contribution in [1.29, 1.82) is 0 Å². The number of aromatic nitrogens is 1. The second-order valence-corrected chi connectivity index (χ2v) is 6.52. The topological polar surface area (TPSA) is 51.2 Å². The molecule has 0 spiro atoms. The van der Waals surface area contributed by atoms with Crippen LogP contribution < -0.4 is 10.1 Å². The molecule has 0 bridgehead atoms. The number of hydrogen-bond acceptors (Lipinski definition) is 3. The molecular formula is C21H20N2O2. The van der Waals surface area contributed by atoms with E-state index in [1.807, 2.05) is 49.4 Å². The largest absolute Gasteiger partial charge is 0.489 e. The Hall–Kier alpha value is -2.88. The van der Waals surface area contributed by atoms with Crippen LogP contribution in [0.4, 0.5) is 5.69 Å². The fraction of sp³-hybridized carbons (Fsp3) is 0.238. The molecule has 1 aromatic heterocycles. The van der Waals surface area contributed by atoms with E-state index in [4.69, 9.17) is 4.74 Å². The van der Waals surface area contributed by atoms with Crippen molar-refractivity contribution in [3.63, 3.8) is 0 Å². The quantitative estimate of drug-likeness (QED) is 0.750. The molecule has 1 aliphatic rings. The van der Waals surface area contributed by atoms with E-state index in [2.05, 4.69) is 22.4 Å².